The second kappa shape index (κ2) is 8.54. The number of amides is 1. The van der Waals surface area contributed by atoms with E-state index in [1.807, 2.05) is 51.1 Å². The van der Waals surface area contributed by atoms with E-state index in [1.165, 1.54) is 12.1 Å². The predicted molar refractivity (Wildman–Crippen MR) is 125 cm³/mol. The lowest BCUT2D eigenvalue weighted by Crippen LogP contribution is -2.15. The normalized spacial score (nSPS) is 11.2. The molecule has 0 aliphatic heterocycles. The van der Waals surface area contributed by atoms with Gasteiger partial charge in [0, 0.05) is 14.8 Å². The maximum absolute atomic E-state index is 12.7. The van der Waals surface area contributed by atoms with Crippen molar-refractivity contribution in [3.63, 3.8) is 0 Å². The number of carbonyl (C=O) groups is 1. The molecule has 5 nitrogen and oxygen atoms in total. The Hall–Kier alpha value is -2.39. The third-order valence-electron chi connectivity index (χ3n) is 4.57. The molecule has 0 unspecified atom stereocenters. The van der Waals surface area contributed by atoms with Gasteiger partial charge in [-0.2, -0.15) is 0 Å². The van der Waals surface area contributed by atoms with Gasteiger partial charge in [0.2, 0.25) is 0 Å². The molecule has 0 aliphatic carbocycles. The highest BCUT2D eigenvalue weighted by atomic mass is 127. The number of halogens is 1. The maximum Gasteiger partial charge on any atom is 0.261 e. The van der Waals surface area contributed by atoms with Crippen LogP contribution in [-0.2, 0) is 10.0 Å². The molecular weight excluding hydrogens is 499 g/mol. The molecule has 0 heterocycles. The first-order valence-corrected chi connectivity index (χ1v) is 11.5. The Bertz CT molecular complexity index is 1150. The molecule has 1 amide bonds. The zero-order valence-electron chi connectivity index (χ0n) is 16.3. The number of anilines is 2. The number of hydrogen-bond acceptors (Lipinski definition) is 3. The van der Waals surface area contributed by atoms with Gasteiger partial charge in [-0.05, 0) is 96.5 Å². The van der Waals surface area contributed by atoms with Crippen LogP contribution in [0.3, 0.4) is 0 Å². The van der Waals surface area contributed by atoms with Crippen molar-refractivity contribution in [3.8, 4) is 0 Å². The second-order valence-corrected chi connectivity index (χ2v) is 9.66. The number of aryl methyl sites for hydroxylation is 3. The summed E-state index contributed by atoms with van der Waals surface area (Å²) in [5.74, 6) is -0.243. The molecule has 3 rings (SSSR count). The predicted octanol–water partition coefficient (Wildman–Crippen LogP) is 5.27. The lowest BCUT2D eigenvalue weighted by Gasteiger charge is -2.13. The Kier molecular flexibility index (Phi) is 6.28. The molecule has 0 atom stereocenters. The van der Waals surface area contributed by atoms with Gasteiger partial charge in [0.15, 0.2) is 0 Å². The van der Waals surface area contributed by atoms with E-state index in [0.29, 0.717) is 16.9 Å². The lowest BCUT2D eigenvalue weighted by atomic mass is 10.1. The molecule has 29 heavy (non-hydrogen) atoms. The Labute approximate surface area is 184 Å². The van der Waals surface area contributed by atoms with Gasteiger partial charge in [0.25, 0.3) is 15.9 Å². The average molecular weight is 520 g/mol. The van der Waals surface area contributed by atoms with Crippen LogP contribution in [0.2, 0.25) is 0 Å². The molecule has 3 aromatic rings. The highest BCUT2D eigenvalue weighted by Crippen LogP contribution is 2.24. The van der Waals surface area contributed by atoms with Gasteiger partial charge < -0.3 is 5.32 Å². The van der Waals surface area contributed by atoms with Crippen LogP contribution in [0.4, 0.5) is 11.4 Å². The minimum atomic E-state index is -3.73. The van der Waals surface area contributed by atoms with E-state index < -0.39 is 10.0 Å². The van der Waals surface area contributed by atoms with Crippen LogP contribution in [-0.4, -0.2) is 14.3 Å². The highest BCUT2D eigenvalue weighted by Gasteiger charge is 2.17. The summed E-state index contributed by atoms with van der Waals surface area (Å²) in [7, 11) is -3.73. The fourth-order valence-electron chi connectivity index (χ4n) is 2.82. The third kappa shape index (κ3) is 4.97. The molecule has 0 saturated heterocycles. The molecule has 0 aromatic heterocycles. The van der Waals surface area contributed by atoms with E-state index in [2.05, 4.69) is 32.6 Å². The number of nitrogens with one attached hydrogen (secondary N) is 2. The van der Waals surface area contributed by atoms with Crippen molar-refractivity contribution in [1.82, 2.24) is 0 Å². The van der Waals surface area contributed by atoms with Gasteiger partial charge in [-0.25, -0.2) is 8.42 Å². The molecule has 0 bridgehead atoms. The Morgan fingerprint density at radius 3 is 2.07 bits per heavy atom. The van der Waals surface area contributed by atoms with Crippen LogP contribution in [0.15, 0.2) is 65.6 Å². The Morgan fingerprint density at radius 2 is 1.48 bits per heavy atom. The Morgan fingerprint density at radius 1 is 0.862 bits per heavy atom. The van der Waals surface area contributed by atoms with Crippen molar-refractivity contribution in [2.24, 2.45) is 0 Å². The fraction of sp³-hybridized carbons (Fsp3) is 0.136. The van der Waals surface area contributed by atoms with E-state index in [-0.39, 0.29) is 10.8 Å². The van der Waals surface area contributed by atoms with E-state index in [4.69, 9.17) is 0 Å². The summed E-state index contributed by atoms with van der Waals surface area (Å²) < 4.78 is 29.1. The summed E-state index contributed by atoms with van der Waals surface area (Å²) in [4.78, 5) is 12.6. The van der Waals surface area contributed by atoms with E-state index in [0.717, 1.165) is 20.3 Å². The first-order chi connectivity index (χ1) is 13.7. The number of para-hydroxylation sites is 1. The van der Waals surface area contributed by atoms with Gasteiger partial charge in [0.05, 0.1) is 10.6 Å². The van der Waals surface area contributed by atoms with Crippen LogP contribution < -0.4 is 10.0 Å². The van der Waals surface area contributed by atoms with E-state index >= 15 is 0 Å². The van der Waals surface area contributed by atoms with Crippen molar-refractivity contribution in [3.05, 3.63) is 86.5 Å². The van der Waals surface area contributed by atoms with Gasteiger partial charge >= 0.3 is 0 Å². The molecule has 2 N–H and O–H groups in total. The van der Waals surface area contributed by atoms with Gasteiger partial charge in [-0.3, -0.25) is 9.52 Å². The zero-order chi connectivity index (χ0) is 21.2. The minimum absolute atomic E-state index is 0.128. The summed E-state index contributed by atoms with van der Waals surface area (Å²) in [5, 5.41) is 2.79. The molecule has 0 radical (unpaired) electrons. The van der Waals surface area contributed by atoms with Gasteiger partial charge in [0.1, 0.15) is 0 Å². The third-order valence-corrected chi connectivity index (χ3v) is 7.10. The van der Waals surface area contributed by atoms with Gasteiger partial charge in [-0.1, -0.05) is 24.3 Å². The van der Waals surface area contributed by atoms with Crippen molar-refractivity contribution < 1.29 is 13.2 Å². The number of carbonyl (C=O) groups excluding carboxylic acids is 1. The topological polar surface area (TPSA) is 75.3 Å². The monoisotopic (exact) mass is 520 g/mol. The van der Waals surface area contributed by atoms with Crippen molar-refractivity contribution in [1.29, 1.82) is 0 Å². The van der Waals surface area contributed by atoms with Crippen molar-refractivity contribution in [2.45, 2.75) is 25.7 Å². The molecule has 7 heteroatoms. The van der Waals surface area contributed by atoms with Crippen molar-refractivity contribution >= 4 is 49.9 Å². The number of benzene rings is 3. The van der Waals surface area contributed by atoms with Crippen LogP contribution in [0, 0.1) is 24.3 Å². The SMILES string of the molecule is Cc1ccc(C(=O)Nc2ccc(S(=O)(=O)Nc3c(C)cccc3C)cc2)cc1I. The molecule has 0 saturated carbocycles. The van der Waals surface area contributed by atoms with Crippen LogP contribution in [0.25, 0.3) is 0 Å². The van der Waals surface area contributed by atoms with E-state index in [9.17, 15) is 13.2 Å². The summed E-state index contributed by atoms with van der Waals surface area (Å²) in [6.45, 7) is 5.69. The number of rotatable bonds is 5. The van der Waals surface area contributed by atoms with E-state index in [1.54, 1.807) is 18.2 Å². The van der Waals surface area contributed by atoms with Crippen LogP contribution >= 0.6 is 22.6 Å². The molecule has 150 valence electrons. The first-order valence-electron chi connectivity index (χ1n) is 8.94. The minimum Gasteiger partial charge on any atom is -0.322 e. The molecule has 3 aromatic carbocycles. The Balaban J connectivity index is 1.77. The molecule has 0 aliphatic rings. The van der Waals surface area contributed by atoms with Crippen LogP contribution in [0.5, 0.6) is 0 Å². The number of sulfonamides is 1. The highest BCUT2D eigenvalue weighted by molar-refractivity contribution is 14.1. The number of hydrogen-bond donors (Lipinski definition) is 2. The first kappa shape index (κ1) is 21.3. The zero-order valence-corrected chi connectivity index (χ0v) is 19.3. The van der Waals surface area contributed by atoms with Crippen LogP contribution in [0.1, 0.15) is 27.0 Å². The smallest absolute Gasteiger partial charge is 0.261 e. The average Bonchev–Trinajstić information content (AvgIpc) is 2.67. The second-order valence-electron chi connectivity index (χ2n) is 6.81. The maximum atomic E-state index is 12.7. The summed E-state index contributed by atoms with van der Waals surface area (Å²) in [6.07, 6.45) is 0. The van der Waals surface area contributed by atoms with Gasteiger partial charge in [-0.15, -0.1) is 0 Å². The fourth-order valence-corrected chi connectivity index (χ4v) is 4.54. The summed E-state index contributed by atoms with van der Waals surface area (Å²) in [5.41, 5.74) is 4.47. The molecule has 0 fully saturated rings. The quantitative estimate of drug-likeness (QED) is 0.451. The summed E-state index contributed by atoms with van der Waals surface area (Å²) >= 11 is 2.19. The molecular formula is C22H21IN2O3S. The van der Waals surface area contributed by atoms with Crippen molar-refractivity contribution in [2.75, 3.05) is 10.0 Å². The summed E-state index contributed by atoms with van der Waals surface area (Å²) in [6, 6.07) is 17.2. The largest absolute Gasteiger partial charge is 0.322 e. The lowest BCUT2D eigenvalue weighted by molar-refractivity contribution is 0.102. The standard InChI is InChI=1S/C22H21IN2O3S/c1-14-7-8-17(13-20(14)23)22(26)24-18-9-11-19(12-10-18)29(27,28)25-21-15(2)5-4-6-16(21)3/h4-13,25H,1-3H3,(H,24,26). The molecule has 0 spiro atoms.